The van der Waals surface area contributed by atoms with Gasteiger partial charge in [0, 0.05) is 36.0 Å². The van der Waals surface area contributed by atoms with Gasteiger partial charge < -0.3 is 14.8 Å². The van der Waals surface area contributed by atoms with E-state index in [0.717, 1.165) is 41.2 Å². The Bertz CT molecular complexity index is 1120. The maximum atomic E-state index is 13.0. The van der Waals surface area contributed by atoms with E-state index < -0.39 is 0 Å². The Hall–Kier alpha value is -3.86. The molecule has 1 heterocycles. The molecule has 1 amide bonds. The molecule has 0 bridgehead atoms. The summed E-state index contributed by atoms with van der Waals surface area (Å²) in [5, 5.41) is 3.07. The van der Waals surface area contributed by atoms with Gasteiger partial charge in [-0.1, -0.05) is 49.4 Å². The number of rotatable bonds is 8. The van der Waals surface area contributed by atoms with Gasteiger partial charge in [-0.25, -0.2) is 4.98 Å². The lowest BCUT2D eigenvalue weighted by Crippen LogP contribution is -2.42. The van der Waals surface area contributed by atoms with Gasteiger partial charge in [0.1, 0.15) is 6.04 Å². The number of benzene rings is 3. The van der Waals surface area contributed by atoms with E-state index in [1.165, 1.54) is 0 Å². The zero-order valence-corrected chi connectivity index (χ0v) is 18.5. The van der Waals surface area contributed by atoms with Gasteiger partial charge in [-0.15, -0.1) is 0 Å². The predicted molar refractivity (Wildman–Crippen MR) is 131 cm³/mol. The summed E-state index contributed by atoms with van der Waals surface area (Å²) in [6, 6.07) is 26.1. The third-order valence-electron chi connectivity index (χ3n) is 5.55. The number of carbonyl (C=O) groups excluding carboxylic acids is 1. The highest BCUT2D eigenvalue weighted by atomic mass is 16.2. The monoisotopic (exact) mass is 424 g/mol. The van der Waals surface area contributed by atoms with Crippen molar-refractivity contribution in [2.45, 2.75) is 26.3 Å². The molecule has 0 radical (unpaired) electrons. The maximum Gasteiger partial charge on any atom is 0.246 e. The second-order valence-electron chi connectivity index (χ2n) is 7.79. The van der Waals surface area contributed by atoms with Gasteiger partial charge in [0.15, 0.2) is 0 Å². The lowest BCUT2D eigenvalue weighted by molar-refractivity contribution is -0.117. The first-order valence-corrected chi connectivity index (χ1v) is 11.0. The maximum absolute atomic E-state index is 13.0. The van der Waals surface area contributed by atoms with Crippen LogP contribution in [-0.2, 0) is 4.79 Å². The Morgan fingerprint density at radius 3 is 2.28 bits per heavy atom. The van der Waals surface area contributed by atoms with Gasteiger partial charge in [0.2, 0.25) is 5.91 Å². The van der Waals surface area contributed by atoms with E-state index in [9.17, 15) is 4.79 Å². The van der Waals surface area contributed by atoms with Crippen molar-refractivity contribution in [3.8, 4) is 16.8 Å². The summed E-state index contributed by atoms with van der Waals surface area (Å²) in [4.78, 5) is 19.3. The smallest absolute Gasteiger partial charge is 0.246 e. The molecule has 0 aliphatic heterocycles. The van der Waals surface area contributed by atoms with E-state index in [-0.39, 0.29) is 11.9 Å². The molecule has 4 aromatic rings. The van der Waals surface area contributed by atoms with Gasteiger partial charge in [-0.3, -0.25) is 4.79 Å². The second-order valence-corrected chi connectivity index (χ2v) is 7.79. The number of nitrogens with zero attached hydrogens (tertiary/aromatic N) is 3. The minimum atomic E-state index is -0.303. The van der Waals surface area contributed by atoms with Crippen LogP contribution in [0.15, 0.2) is 97.6 Å². The number of aromatic nitrogens is 2. The summed E-state index contributed by atoms with van der Waals surface area (Å²) < 4.78 is 1.96. The number of imidazole rings is 1. The molecule has 5 nitrogen and oxygen atoms in total. The molecule has 1 unspecified atom stereocenters. The zero-order valence-electron chi connectivity index (χ0n) is 18.5. The summed E-state index contributed by atoms with van der Waals surface area (Å²) in [6.45, 7) is 4.87. The molecule has 162 valence electrons. The summed E-state index contributed by atoms with van der Waals surface area (Å²) in [5.41, 5.74) is 5.15. The van der Waals surface area contributed by atoms with Crippen molar-refractivity contribution in [3.63, 3.8) is 0 Å². The Morgan fingerprint density at radius 2 is 1.66 bits per heavy atom. The van der Waals surface area contributed by atoms with Gasteiger partial charge in [0.25, 0.3) is 0 Å². The topological polar surface area (TPSA) is 50.2 Å². The fourth-order valence-corrected chi connectivity index (χ4v) is 3.78. The van der Waals surface area contributed by atoms with Crippen LogP contribution in [0.25, 0.3) is 16.8 Å². The van der Waals surface area contributed by atoms with Crippen molar-refractivity contribution >= 4 is 17.3 Å². The van der Waals surface area contributed by atoms with Crippen molar-refractivity contribution in [1.82, 2.24) is 9.55 Å². The SMILES string of the molecule is CCCN(c1ccc(-n2ccnc2)cc1)C(C)C(=O)Nc1ccc(-c2ccccc2)cc1. The molecule has 3 aromatic carbocycles. The average molecular weight is 425 g/mol. The van der Waals surface area contributed by atoms with E-state index in [4.69, 9.17) is 0 Å². The lowest BCUT2D eigenvalue weighted by Gasteiger charge is -2.30. The van der Waals surface area contributed by atoms with Crippen LogP contribution in [0.3, 0.4) is 0 Å². The van der Waals surface area contributed by atoms with Gasteiger partial charge in [-0.2, -0.15) is 0 Å². The van der Waals surface area contributed by atoms with Crippen LogP contribution in [0.4, 0.5) is 11.4 Å². The fraction of sp³-hybridized carbons (Fsp3) is 0.185. The van der Waals surface area contributed by atoms with Crippen molar-refractivity contribution in [2.24, 2.45) is 0 Å². The summed E-state index contributed by atoms with van der Waals surface area (Å²) in [6.07, 6.45) is 6.40. The van der Waals surface area contributed by atoms with Gasteiger partial charge in [-0.05, 0) is 60.9 Å². The first kappa shape index (κ1) is 21.4. The van der Waals surface area contributed by atoms with Crippen molar-refractivity contribution in [1.29, 1.82) is 0 Å². The third kappa shape index (κ3) is 4.89. The molecule has 0 saturated carbocycles. The van der Waals surface area contributed by atoms with Crippen LogP contribution >= 0.6 is 0 Å². The summed E-state index contributed by atoms with van der Waals surface area (Å²) in [5.74, 6) is -0.0235. The Labute approximate surface area is 189 Å². The molecular weight excluding hydrogens is 396 g/mol. The highest BCUT2D eigenvalue weighted by Crippen LogP contribution is 2.23. The van der Waals surface area contributed by atoms with E-state index in [0.29, 0.717) is 0 Å². The fourth-order valence-electron chi connectivity index (χ4n) is 3.78. The van der Waals surface area contributed by atoms with Gasteiger partial charge >= 0.3 is 0 Å². The zero-order chi connectivity index (χ0) is 22.3. The van der Waals surface area contributed by atoms with Crippen LogP contribution in [0.2, 0.25) is 0 Å². The predicted octanol–water partition coefficient (Wildman–Crippen LogP) is 5.78. The quantitative estimate of drug-likeness (QED) is 0.390. The molecule has 1 aromatic heterocycles. The molecule has 0 saturated heterocycles. The third-order valence-corrected chi connectivity index (χ3v) is 5.55. The average Bonchev–Trinajstić information content (AvgIpc) is 3.38. The number of hydrogen-bond acceptors (Lipinski definition) is 3. The van der Waals surface area contributed by atoms with Gasteiger partial charge in [0.05, 0.1) is 6.33 Å². The molecular formula is C27H28N4O. The molecule has 1 N–H and O–H groups in total. The Morgan fingerprint density at radius 1 is 0.969 bits per heavy atom. The number of nitrogens with one attached hydrogen (secondary N) is 1. The first-order valence-electron chi connectivity index (χ1n) is 11.0. The second kappa shape index (κ2) is 9.96. The molecule has 5 heteroatoms. The van der Waals surface area contributed by atoms with E-state index >= 15 is 0 Å². The van der Waals surface area contributed by atoms with Crippen LogP contribution < -0.4 is 10.2 Å². The highest BCUT2D eigenvalue weighted by Gasteiger charge is 2.21. The highest BCUT2D eigenvalue weighted by molar-refractivity contribution is 5.96. The lowest BCUT2D eigenvalue weighted by atomic mass is 10.1. The largest absolute Gasteiger partial charge is 0.360 e. The van der Waals surface area contributed by atoms with Crippen LogP contribution in [0, 0.1) is 0 Å². The van der Waals surface area contributed by atoms with Crippen LogP contribution in [-0.4, -0.2) is 28.0 Å². The van der Waals surface area contributed by atoms with E-state index in [2.05, 4.69) is 46.4 Å². The number of anilines is 2. The van der Waals surface area contributed by atoms with Crippen LogP contribution in [0.5, 0.6) is 0 Å². The summed E-state index contributed by atoms with van der Waals surface area (Å²) in [7, 11) is 0. The van der Waals surface area contributed by atoms with Crippen molar-refractivity contribution in [2.75, 3.05) is 16.8 Å². The molecule has 0 fully saturated rings. The Kier molecular flexibility index (Phi) is 6.66. The standard InChI is InChI=1S/C27H28N4O/c1-3-18-31(26-15-13-25(14-16-26)30-19-17-28-20-30)21(2)27(32)29-24-11-9-23(10-12-24)22-7-5-4-6-8-22/h4-17,19-21H,3,18H2,1-2H3,(H,29,32). The number of hydrogen-bond donors (Lipinski definition) is 1. The van der Waals surface area contributed by atoms with Crippen molar-refractivity contribution in [3.05, 3.63) is 97.6 Å². The minimum absolute atomic E-state index is 0.0235. The molecule has 0 spiro atoms. The molecule has 32 heavy (non-hydrogen) atoms. The number of carbonyl (C=O) groups is 1. The summed E-state index contributed by atoms with van der Waals surface area (Å²) >= 11 is 0. The molecule has 4 rings (SSSR count). The molecule has 0 aliphatic rings. The van der Waals surface area contributed by atoms with E-state index in [1.54, 1.807) is 12.5 Å². The van der Waals surface area contributed by atoms with Crippen LogP contribution in [0.1, 0.15) is 20.3 Å². The normalized spacial score (nSPS) is 11.7. The minimum Gasteiger partial charge on any atom is -0.360 e. The molecule has 1 atom stereocenters. The van der Waals surface area contributed by atoms with E-state index in [1.807, 2.05) is 72.3 Å². The first-order chi connectivity index (χ1) is 15.7. The van der Waals surface area contributed by atoms with Crippen molar-refractivity contribution < 1.29 is 4.79 Å². The molecule has 0 aliphatic carbocycles. The Balaban J connectivity index is 1.45. The number of amides is 1.